The highest BCUT2D eigenvalue weighted by Gasteiger charge is 2.49. The lowest BCUT2D eigenvalue weighted by molar-refractivity contribution is -0.0565. The van der Waals surface area contributed by atoms with Gasteiger partial charge in [0.05, 0.1) is 35.2 Å². The van der Waals surface area contributed by atoms with Gasteiger partial charge in [-0.2, -0.15) is 15.5 Å². The van der Waals surface area contributed by atoms with Crippen molar-refractivity contribution in [2.45, 2.75) is 38.4 Å². The predicted octanol–water partition coefficient (Wildman–Crippen LogP) is 4.70. The summed E-state index contributed by atoms with van der Waals surface area (Å²) in [5.41, 5.74) is 7.03. The van der Waals surface area contributed by atoms with Crippen molar-refractivity contribution >= 4 is 11.3 Å². The summed E-state index contributed by atoms with van der Waals surface area (Å²) in [7, 11) is 1.90. The monoisotopic (exact) mass is 553 g/mol. The number of hydrogen-bond donors (Lipinski definition) is 0. The Morgan fingerprint density at radius 3 is 2.38 bits per heavy atom. The fourth-order valence-corrected chi connectivity index (χ4v) is 6.67. The van der Waals surface area contributed by atoms with Gasteiger partial charge in [0.1, 0.15) is 11.9 Å². The molecule has 5 aromatic heterocycles. The molecular formula is C33H31N9. The fraction of sp³-hybridized carbons (Fsp3) is 0.303. The van der Waals surface area contributed by atoms with Crippen molar-refractivity contribution in [3.05, 3.63) is 84.3 Å². The molecule has 0 aromatic carbocycles. The van der Waals surface area contributed by atoms with Crippen molar-refractivity contribution < 1.29 is 0 Å². The van der Waals surface area contributed by atoms with Crippen LogP contribution in [0.2, 0.25) is 0 Å². The van der Waals surface area contributed by atoms with Crippen LogP contribution < -0.4 is 4.90 Å². The van der Waals surface area contributed by atoms with Crippen molar-refractivity contribution in [2.24, 2.45) is 13.0 Å². The van der Waals surface area contributed by atoms with Gasteiger partial charge in [-0.1, -0.05) is 19.8 Å². The van der Waals surface area contributed by atoms with Crippen LogP contribution in [-0.4, -0.2) is 59.4 Å². The molecule has 9 nitrogen and oxygen atoms in total. The smallest absolute Gasteiger partial charge is 0.128 e. The first-order valence-electron chi connectivity index (χ1n) is 14.3. The van der Waals surface area contributed by atoms with Crippen molar-refractivity contribution in [3.8, 4) is 40.7 Å². The van der Waals surface area contributed by atoms with E-state index in [4.69, 9.17) is 16.4 Å². The average Bonchev–Trinajstić information content (AvgIpc) is 3.65. The Morgan fingerprint density at radius 2 is 1.76 bits per heavy atom. The van der Waals surface area contributed by atoms with Gasteiger partial charge < -0.3 is 4.90 Å². The van der Waals surface area contributed by atoms with Crippen molar-refractivity contribution in [1.29, 1.82) is 5.26 Å². The summed E-state index contributed by atoms with van der Waals surface area (Å²) in [5, 5.41) is 18.5. The number of anilines is 1. The van der Waals surface area contributed by atoms with Gasteiger partial charge in [0.25, 0.3) is 0 Å². The molecule has 3 aliphatic rings. The molecule has 0 spiro atoms. The normalized spacial score (nSPS) is 19.0. The van der Waals surface area contributed by atoms with Crippen LogP contribution in [-0.2, 0) is 7.05 Å². The first kappa shape index (κ1) is 25.9. The number of fused-ring (bicyclic) bond motifs is 3. The van der Waals surface area contributed by atoms with Gasteiger partial charge in [-0.15, -0.1) is 6.42 Å². The van der Waals surface area contributed by atoms with Crippen LogP contribution in [0.1, 0.15) is 43.1 Å². The van der Waals surface area contributed by atoms with Crippen LogP contribution >= 0.6 is 0 Å². The summed E-state index contributed by atoms with van der Waals surface area (Å²) < 4.78 is 3.55. The highest BCUT2D eigenvalue weighted by atomic mass is 15.4. The zero-order chi connectivity index (χ0) is 29.0. The quantitative estimate of drug-likeness (QED) is 0.282. The first-order valence-corrected chi connectivity index (χ1v) is 14.3. The Balaban J connectivity index is 1.15. The molecule has 0 saturated carbocycles. The Labute approximate surface area is 245 Å². The van der Waals surface area contributed by atoms with Crippen molar-refractivity contribution in [2.75, 3.05) is 18.0 Å². The van der Waals surface area contributed by atoms with Gasteiger partial charge in [-0.3, -0.25) is 14.6 Å². The van der Waals surface area contributed by atoms with E-state index in [0.29, 0.717) is 23.6 Å². The van der Waals surface area contributed by atoms with Crippen LogP contribution in [0.5, 0.6) is 0 Å². The second-order valence-electron chi connectivity index (χ2n) is 11.6. The highest BCUT2D eigenvalue weighted by Crippen LogP contribution is 2.43. The van der Waals surface area contributed by atoms with Gasteiger partial charge >= 0.3 is 0 Å². The molecular weight excluding hydrogens is 522 g/mol. The topological polar surface area (TPSA) is 91.2 Å². The standard InChI is InChI=1S/C33H31N9/c1-5-22-6-8-30(35-13-22)32(21(2)3)42-27-11-28(42)20-40(19-27)31-9-7-23(14-36-31)29-10-24(26-16-37-39(4)17-26)18-41-33(29)25(12-34)15-38-41/h1,6-10,13-18,21,27-28,32H,11,19-20H2,2-4H3. The van der Waals surface area contributed by atoms with Crippen molar-refractivity contribution in [1.82, 2.24) is 34.3 Å². The molecule has 3 fully saturated rings. The molecule has 3 unspecified atom stereocenters. The van der Waals surface area contributed by atoms with E-state index < -0.39 is 0 Å². The molecule has 3 atom stereocenters. The first-order chi connectivity index (χ1) is 20.4. The molecule has 208 valence electrons. The van der Waals surface area contributed by atoms with Crippen LogP contribution in [0.4, 0.5) is 5.82 Å². The third-order valence-corrected chi connectivity index (χ3v) is 8.61. The maximum atomic E-state index is 9.76. The number of piperazine rings is 1. The second-order valence-corrected chi connectivity index (χ2v) is 11.6. The summed E-state index contributed by atoms with van der Waals surface area (Å²) in [6, 6.07) is 13.8. The lowest BCUT2D eigenvalue weighted by Gasteiger charge is -2.60. The molecule has 8 rings (SSSR count). The van der Waals surface area contributed by atoms with E-state index in [0.717, 1.165) is 57.9 Å². The molecule has 3 saturated heterocycles. The molecule has 9 heteroatoms. The second kappa shape index (κ2) is 10.1. The summed E-state index contributed by atoms with van der Waals surface area (Å²) in [6.07, 6.45) is 17.8. The Bertz CT molecular complexity index is 1840. The molecule has 0 aliphatic carbocycles. The van der Waals surface area contributed by atoms with E-state index in [1.54, 1.807) is 15.4 Å². The van der Waals surface area contributed by atoms with E-state index in [1.165, 1.54) is 6.42 Å². The maximum absolute atomic E-state index is 9.76. The van der Waals surface area contributed by atoms with Gasteiger partial charge in [0.15, 0.2) is 0 Å². The number of nitriles is 1. The Kier molecular flexibility index (Phi) is 6.26. The maximum Gasteiger partial charge on any atom is 0.128 e. The number of hydrogen-bond acceptors (Lipinski definition) is 7. The third kappa shape index (κ3) is 4.30. The number of nitrogens with zero attached hydrogens (tertiary/aromatic N) is 9. The SMILES string of the molecule is C#Cc1ccc(C(C(C)C)N2C3CC2CN(c2ccc(-c4cc(-c5cnn(C)c5)cn5ncc(C#N)c45)cn2)C3)nc1. The minimum absolute atomic E-state index is 0.262. The number of terminal acetylenes is 1. The zero-order valence-corrected chi connectivity index (χ0v) is 23.9. The fourth-order valence-electron chi connectivity index (χ4n) is 6.67. The van der Waals surface area contributed by atoms with Gasteiger partial charge in [-0.05, 0) is 42.7 Å². The Morgan fingerprint density at radius 1 is 0.929 bits per heavy atom. The van der Waals surface area contributed by atoms with Gasteiger partial charge in [-0.25, -0.2) is 9.50 Å². The Hall–Kier alpha value is -4.99. The number of aromatic nitrogens is 6. The van der Waals surface area contributed by atoms with Crippen LogP contribution in [0.25, 0.3) is 27.8 Å². The predicted molar refractivity (Wildman–Crippen MR) is 161 cm³/mol. The molecule has 0 amide bonds. The molecule has 0 radical (unpaired) electrons. The van der Waals surface area contributed by atoms with E-state index >= 15 is 0 Å². The van der Waals surface area contributed by atoms with Crippen molar-refractivity contribution in [3.63, 3.8) is 0 Å². The lowest BCUT2D eigenvalue weighted by Crippen LogP contribution is -2.70. The van der Waals surface area contributed by atoms with Gasteiger partial charge in [0.2, 0.25) is 0 Å². The van der Waals surface area contributed by atoms with Crippen LogP contribution in [0, 0.1) is 29.6 Å². The van der Waals surface area contributed by atoms with Crippen LogP contribution in [0.3, 0.4) is 0 Å². The van der Waals surface area contributed by atoms with E-state index in [9.17, 15) is 5.26 Å². The molecule has 8 heterocycles. The lowest BCUT2D eigenvalue weighted by atomic mass is 9.82. The molecule has 2 bridgehead atoms. The minimum atomic E-state index is 0.262. The molecule has 0 N–H and O–H groups in total. The summed E-state index contributed by atoms with van der Waals surface area (Å²) in [5.74, 6) is 4.08. The average molecular weight is 554 g/mol. The van der Waals surface area contributed by atoms with Crippen LogP contribution in [0.15, 0.2) is 67.5 Å². The third-order valence-electron chi connectivity index (χ3n) is 8.61. The summed E-state index contributed by atoms with van der Waals surface area (Å²) in [4.78, 5) is 14.7. The minimum Gasteiger partial charge on any atom is -0.353 e. The van der Waals surface area contributed by atoms with E-state index in [1.807, 2.05) is 44.1 Å². The van der Waals surface area contributed by atoms with Gasteiger partial charge in [0, 0.05) is 84.8 Å². The summed E-state index contributed by atoms with van der Waals surface area (Å²) in [6.45, 7) is 6.39. The highest BCUT2D eigenvalue weighted by molar-refractivity contribution is 5.87. The summed E-state index contributed by atoms with van der Waals surface area (Å²) >= 11 is 0. The van der Waals surface area contributed by atoms with E-state index in [-0.39, 0.29) is 6.04 Å². The number of pyridine rings is 3. The van der Waals surface area contributed by atoms with E-state index in [2.05, 4.69) is 70.1 Å². The number of aryl methyl sites for hydroxylation is 1. The molecule has 3 aliphatic heterocycles. The number of rotatable bonds is 6. The molecule has 5 aromatic rings. The zero-order valence-electron chi connectivity index (χ0n) is 23.9. The molecule has 42 heavy (non-hydrogen) atoms. The largest absolute Gasteiger partial charge is 0.353 e. The number of piperidine rings is 1.